The Bertz CT molecular complexity index is 326. The number of hydrogen-bond donors (Lipinski definition) is 1. The number of aromatic nitrogens is 2. The molecule has 0 amide bonds. The highest BCUT2D eigenvalue weighted by atomic mass is 16.5. The quantitative estimate of drug-likeness (QED) is 0.786. The molecule has 5 heteroatoms. The maximum atomic E-state index is 5.64. The van der Waals surface area contributed by atoms with Crippen LogP contribution in [0.1, 0.15) is 12.8 Å². The van der Waals surface area contributed by atoms with Crippen LogP contribution in [0.5, 0.6) is 11.8 Å². The van der Waals surface area contributed by atoms with Crippen LogP contribution in [0.3, 0.4) is 0 Å². The minimum atomic E-state index is 0.248. The summed E-state index contributed by atoms with van der Waals surface area (Å²) in [5.74, 6) is 1.70. The Labute approximate surface area is 88.6 Å². The molecule has 1 aliphatic rings. The second-order valence-electron chi connectivity index (χ2n) is 3.71. The van der Waals surface area contributed by atoms with Crippen molar-refractivity contribution in [3.05, 3.63) is 12.4 Å². The van der Waals surface area contributed by atoms with Crippen LogP contribution in [-0.4, -0.2) is 29.7 Å². The summed E-state index contributed by atoms with van der Waals surface area (Å²) in [6.45, 7) is 0.743. The monoisotopic (exact) mass is 209 g/mol. The standard InChI is InChI=1S/C10H15N3O2/c1-14-9-4-10(13-6-12-9)15-8-2-7(3-8)5-11/h4,6-8H,2-3,5,11H2,1H3. The Morgan fingerprint density at radius 2 is 2.13 bits per heavy atom. The van der Waals surface area contributed by atoms with E-state index in [1.807, 2.05) is 0 Å². The Kier molecular flexibility index (Phi) is 3.01. The number of rotatable bonds is 4. The van der Waals surface area contributed by atoms with Crippen molar-refractivity contribution in [1.29, 1.82) is 0 Å². The summed E-state index contributed by atoms with van der Waals surface area (Å²) in [7, 11) is 1.57. The van der Waals surface area contributed by atoms with Gasteiger partial charge in [-0.2, -0.15) is 0 Å². The number of nitrogens with zero attached hydrogens (tertiary/aromatic N) is 2. The van der Waals surface area contributed by atoms with Crippen molar-refractivity contribution < 1.29 is 9.47 Å². The van der Waals surface area contributed by atoms with Gasteiger partial charge in [0.15, 0.2) is 0 Å². The highest BCUT2D eigenvalue weighted by molar-refractivity contribution is 5.18. The van der Waals surface area contributed by atoms with Crippen LogP contribution in [-0.2, 0) is 0 Å². The summed E-state index contributed by atoms with van der Waals surface area (Å²) in [5.41, 5.74) is 5.53. The van der Waals surface area contributed by atoms with Crippen molar-refractivity contribution >= 4 is 0 Å². The number of methoxy groups -OCH3 is 1. The zero-order valence-electron chi connectivity index (χ0n) is 8.72. The molecular weight excluding hydrogens is 194 g/mol. The molecule has 0 saturated heterocycles. The first-order chi connectivity index (χ1) is 7.31. The fraction of sp³-hybridized carbons (Fsp3) is 0.600. The average molecular weight is 209 g/mol. The summed E-state index contributed by atoms with van der Waals surface area (Å²) in [4.78, 5) is 7.92. The summed E-state index contributed by atoms with van der Waals surface area (Å²) in [5, 5.41) is 0. The van der Waals surface area contributed by atoms with Gasteiger partial charge in [-0.15, -0.1) is 0 Å². The molecule has 1 aromatic rings. The molecule has 5 nitrogen and oxygen atoms in total. The van der Waals surface area contributed by atoms with E-state index >= 15 is 0 Å². The fourth-order valence-electron chi connectivity index (χ4n) is 1.63. The summed E-state index contributed by atoms with van der Waals surface area (Å²) >= 11 is 0. The molecule has 1 saturated carbocycles. The molecule has 2 rings (SSSR count). The summed E-state index contributed by atoms with van der Waals surface area (Å²) < 4.78 is 10.6. The van der Waals surface area contributed by atoms with Gasteiger partial charge in [-0.05, 0) is 25.3 Å². The fourth-order valence-corrected chi connectivity index (χ4v) is 1.63. The van der Waals surface area contributed by atoms with E-state index in [9.17, 15) is 0 Å². The first-order valence-electron chi connectivity index (χ1n) is 5.04. The molecule has 1 fully saturated rings. The molecule has 1 aliphatic carbocycles. The van der Waals surface area contributed by atoms with E-state index in [2.05, 4.69) is 9.97 Å². The van der Waals surface area contributed by atoms with Gasteiger partial charge >= 0.3 is 0 Å². The summed E-state index contributed by atoms with van der Waals surface area (Å²) in [6.07, 6.45) is 3.72. The topological polar surface area (TPSA) is 70.3 Å². The highest BCUT2D eigenvalue weighted by Crippen LogP contribution is 2.30. The van der Waals surface area contributed by atoms with Crippen LogP contribution >= 0.6 is 0 Å². The predicted octanol–water partition coefficient (Wildman–Crippen LogP) is 0.601. The molecule has 0 bridgehead atoms. The molecule has 15 heavy (non-hydrogen) atoms. The van der Waals surface area contributed by atoms with E-state index in [-0.39, 0.29) is 6.10 Å². The van der Waals surface area contributed by atoms with Gasteiger partial charge in [0.25, 0.3) is 0 Å². The lowest BCUT2D eigenvalue weighted by Gasteiger charge is -2.33. The van der Waals surface area contributed by atoms with E-state index in [0.717, 1.165) is 19.4 Å². The molecule has 0 aromatic carbocycles. The van der Waals surface area contributed by atoms with Crippen molar-refractivity contribution in [2.75, 3.05) is 13.7 Å². The maximum Gasteiger partial charge on any atom is 0.220 e. The minimum absolute atomic E-state index is 0.248. The molecule has 0 radical (unpaired) electrons. The smallest absolute Gasteiger partial charge is 0.220 e. The second kappa shape index (κ2) is 4.44. The maximum absolute atomic E-state index is 5.64. The number of ether oxygens (including phenoxy) is 2. The van der Waals surface area contributed by atoms with Crippen molar-refractivity contribution in [3.8, 4) is 11.8 Å². The highest BCUT2D eigenvalue weighted by Gasteiger charge is 2.29. The molecule has 0 aliphatic heterocycles. The Morgan fingerprint density at radius 3 is 2.80 bits per heavy atom. The second-order valence-corrected chi connectivity index (χ2v) is 3.71. The third-order valence-corrected chi connectivity index (χ3v) is 2.64. The Morgan fingerprint density at radius 1 is 1.40 bits per heavy atom. The van der Waals surface area contributed by atoms with Crippen molar-refractivity contribution in [2.45, 2.75) is 18.9 Å². The largest absolute Gasteiger partial charge is 0.481 e. The van der Waals surface area contributed by atoms with Crippen LogP contribution in [0.15, 0.2) is 12.4 Å². The Balaban J connectivity index is 1.88. The molecule has 82 valence electrons. The van der Waals surface area contributed by atoms with E-state index in [0.29, 0.717) is 17.7 Å². The normalized spacial score (nSPS) is 24.4. The molecule has 1 aromatic heterocycles. The SMILES string of the molecule is COc1cc(OC2CC(CN)C2)ncn1. The molecule has 0 unspecified atom stereocenters. The van der Waals surface area contributed by atoms with Crippen LogP contribution in [0.2, 0.25) is 0 Å². The van der Waals surface area contributed by atoms with Crippen LogP contribution < -0.4 is 15.2 Å². The minimum Gasteiger partial charge on any atom is -0.481 e. The van der Waals surface area contributed by atoms with Gasteiger partial charge in [-0.3, -0.25) is 0 Å². The van der Waals surface area contributed by atoms with E-state index in [1.165, 1.54) is 6.33 Å². The molecule has 1 heterocycles. The molecule has 0 spiro atoms. The third-order valence-electron chi connectivity index (χ3n) is 2.64. The Hall–Kier alpha value is -1.36. The van der Waals surface area contributed by atoms with Gasteiger partial charge < -0.3 is 15.2 Å². The number of nitrogens with two attached hydrogens (primary N) is 1. The molecular formula is C10H15N3O2. The van der Waals surface area contributed by atoms with Gasteiger partial charge in [-0.25, -0.2) is 9.97 Å². The lowest BCUT2D eigenvalue weighted by Crippen LogP contribution is -2.37. The average Bonchev–Trinajstić information content (AvgIpc) is 2.23. The molecule has 0 atom stereocenters. The lowest BCUT2D eigenvalue weighted by molar-refractivity contribution is 0.0644. The third kappa shape index (κ3) is 2.36. The lowest BCUT2D eigenvalue weighted by atomic mass is 9.82. The van der Waals surface area contributed by atoms with Crippen LogP contribution in [0.25, 0.3) is 0 Å². The van der Waals surface area contributed by atoms with Crippen molar-refractivity contribution in [3.63, 3.8) is 0 Å². The zero-order valence-corrected chi connectivity index (χ0v) is 8.72. The first-order valence-corrected chi connectivity index (χ1v) is 5.04. The zero-order chi connectivity index (χ0) is 10.7. The van der Waals surface area contributed by atoms with E-state index in [1.54, 1.807) is 13.2 Å². The van der Waals surface area contributed by atoms with Crippen LogP contribution in [0.4, 0.5) is 0 Å². The van der Waals surface area contributed by atoms with E-state index < -0.39 is 0 Å². The van der Waals surface area contributed by atoms with Gasteiger partial charge in [0.1, 0.15) is 12.4 Å². The van der Waals surface area contributed by atoms with Crippen molar-refractivity contribution in [1.82, 2.24) is 9.97 Å². The molecule has 2 N–H and O–H groups in total. The van der Waals surface area contributed by atoms with Crippen molar-refractivity contribution in [2.24, 2.45) is 11.7 Å². The number of hydrogen-bond acceptors (Lipinski definition) is 5. The van der Waals surface area contributed by atoms with Gasteiger partial charge in [-0.1, -0.05) is 0 Å². The summed E-state index contributed by atoms with van der Waals surface area (Å²) in [6, 6.07) is 1.69. The van der Waals surface area contributed by atoms with Crippen LogP contribution in [0, 0.1) is 5.92 Å². The van der Waals surface area contributed by atoms with Gasteiger partial charge in [0, 0.05) is 0 Å². The first kappa shape index (κ1) is 10.2. The van der Waals surface area contributed by atoms with Gasteiger partial charge in [0.2, 0.25) is 11.8 Å². The predicted molar refractivity (Wildman–Crippen MR) is 54.8 cm³/mol. The van der Waals surface area contributed by atoms with E-state index in [4.69, 9.17) is 15.2 Å². The van der Waals surface area contributed by atoms with Gasteiger partial charge in [0.05, 0.1) is 13.2 Å².